The highest BCUT2D eigenvalue weighted by Crippen LogP contribution is 2.38. The number of carbonyl (C=O) groups is 1. The van der Waals surface area contributed by atoms with Crippen LogP contribution in [-0.4, -0.2) is 33.8 Å². The smallest absolute Gasteiger partial charge is 0.306 e. The third kappa shape index (κ3) is 3.41. The van der Waals surface area contributed by atoms with Gasteiger partial charge in [-0.15, -0.1) is 0 Å². The van der Waals surface area contributed by atoms with Crippen LogP contribution in [0.5, 0.6) is 0 Å². The van der Waals surface area contributed by atoms with Gasteiger partial charge in [-0.1, -0.05) is 0 Å². The number of rotatable bonds is 6. The number of carbonyl (C=O) groups excluding carboxylic acids is 1. The van der Waals surface area contributed by atoms with Gasteiger partial charge < -0.3 is 10.6 Å². The minimum Gasteiger partial charge on any atom is -0.363 e. The number of anilines is 1. The van der Waals surface area contributed by atoms with E-state index in [1.807, 2.05) is 0 Å². The normalized spacial score (nSPS) is 11.4. The standard InChI is InChI=1S/C10H11N5O7/c1-5(10(16)11-2)12-9-7(14(19)20)3-6(13(17)18)4-8(9)15(21)22/h3-5,12H,1-2H3,(H,11,16). The third-order valence-electron chi connectivity index (χ3n) is 2.69. The Hall–Kier alpha value is -3.31. The zero-order chi connectivity index (χ0) is 17.0. The number of nitro benzene ring substituents is 3. The Morgan fingerprint density at radius 1 is 1.05 bits per heavy atom. The molecule has 1 amide bonds. The lowest BCUT2D eigenvalue weighted by Gasteiger charge is -2.13. The van der Waals surface area contributed by atoms with Crippen LogP contribution in [0.3, 0.4) is 0 Å². The van der Waals surface area contributed by atoms with Gasteiger partial charge in [0, 0.05) is 7.05 Å². The Morgan fingerprint density at radius 3 is 1.82 bits per heavy atom. The van der Waals surface area contributed by atoms with Crippen LogP contribution >= 0.6 is 0 Å². The van der Waals surface area contributed by atoms with Gasteiger partial charge in [0.25, 0.3) is 5.69 Å². The highest BCUT2D eigenvalue weighted by atomic mass is 16.6. The summed E-state index contributed by atoms with van der Waals surface area (Å²) in [6.45, 7) is 1.33. The molecule has 0 bridgehead atoms. The average molecular weight is 313 g/mol. The molecule has 1 aromatic rings. The summed E-state index contributed by atoms with van der Waals surface area (Å²) in [6.07, 6.45) is 0. The molecule has 0 aliphatic heterocycles. The molecule has 1 aromatic carbocycles. The fourth-order valence-electron chi connectivity index (χ4n) is 1.64. The predicted octanol–water partition coefficient (Wildman–Crippen LogP) is 0.958. The first-order chi connectivity index (χ1) is 10.2. The molecule has 22 heavy (non-hydrogen) atoms. The van der Waals surface area contributed by atoms with Crippen molar-refractivity contribution in [3.05, 3.63) is 42.5 Å². The van der Waals surface area contributed by atoms with Gasteiger partial charge in [0.15, 0.2) is 5.69 Å². The van der Waals surface area contributed by atoms with E-state index in [1.165, 1.54) is 14.0 Å². The van der Waals surface area contributed by atoms with Crippen LogP contribution in [0.1, 0.15) is 6.92 Å². The molecule has 1 rings (SSSR count). The van der Waals surface area contributed by atoms with Crippen LogP contribution in [0.15, 0.2) is 12.1 Å². The molecule has 0 fully saturated rings. The zero-order valence-corrected chi connectivity index (χ0v) is 11.4. The number of nitrogens with zero attached hydrogens (tertiary/aromatic N) is 3. The highest BCUT2D eigenvalue weighted by Gasteiger charge is 2.32. The van der Waals surface area contributed by atoms with Crippen LogP contribution in [0.2, 0.25) is 0 Å². The highest BCUT2D eigenvalue weighted by molar-refractivity contribution is 5.87. The lowest BCUT2D eigenvalue weighted by molar-refractivity contribution is -0.401. The maximum absolute atomic E-state index is 11.4. The summed E-state index contributed by atoms with van der Waals surface area (Å²) in [4.78, 5) is 41.2. The fourth-order valence-corrected chi connectivity index (χ4v) is 1.64. The van der Waals surface area contributed by atoms with E-state index in [4.69, 9.17) is 0 Å². The van der Waals surface area contributed by atoms with E-state index in [0.29, 0.717) is 12.1 Å². The van der Waals surface area contributed by atoms with Gasteiger partial charge >= 0.3 is 11.4 Å². The molecule has 12 nitrogen and oxygen atoms in total. The van der Waals surface area contributed by atoms with Crippen molar-refractivity contribution < 1.29 is 19.6 Å². The van der Waals surface area contributed by atoms with Crippen LogP contribution < -0.4 is 10.6 Å². The van der Waals surface area contributed by atoms with Gasteiger partial charge in [-0.25, -0.2) is 0 Å². The maximum atomic E-state index is 11.4. The molecule has 0 aromatic heterocycles. The second kappa shape index (κ2) is 6.43. The molecule has 0 aliphatic rings. The summed E-state index contributed by atoms with van der Waals surface area (Å²) >= 11 is 0. The van der Waals surface area contributed by atoms with Gasteiger partial charge in [-0.3, -0.25) is 35.1 Å². The second-order valence-corrected chi connectivity index (χ2v) is 4.11. The Morgan fingerprint density at radius 2 is 1.50 bits per heavy atom. The molecule has 0 radical (unpaired) electrons. The molecule has 118 valence electrons. The Bertz CT molecular complexity index is 624. The van der Waals surface area contributed by atoms with Crippen LogP contribution in [-0.2, 0) is 4.79 Å². The van der Waals surface area contributed by atoms with Crippen molar-refractivity contribution in [3.63, 3.8) is 0 Å². The van der Waals surface area contributed by atoms with Crippen molar-refractivity contribution in [2.45, 2.75) is 13.0 Å². The van der Waals surface area contributed by atoms with Gasteiger partial charge in [-0.2, -0.15) is 0 Å². The quantitative estimate of drug-likeness (QED) is 0.577. The van der Waals surface area contributed by atoms with Crippen molar-refractivity contribution in [2.75, 3.05) is 12.4 Å². The molecule has 0 saturated heterocycles. The van der Waals surface area contributed by atoms with Crippen molar-refractivity contribution in [1.82, 2.24) is 5.32 Å². The number of nitro groups is 3. The summed E-state index contributed by atoms with van der Waals surface area (Å²) in [5.74, 6) is -0.568. The number of amides is 1. The first kappa shape index (κ1) is 16.7. The molecule has 1 atom stereocenters. The topological polar surface area (TPSA) is 171 Å². The van der Waals surface area contributed by atoms with Crippen molar-refractivity contribution in [2.24, 2.45) is 0 Å². The summed E-state index contributed by atoms with van der Waals surface area (Å²) < 4.78 is 0. The largest absolute Gasteiger partial charge is 0.363 e. The van der Waals surface area contributed by atoms with Gasteiger partial charge in [-0.05, 0) is 6.92 Å². The van der Waals surface area contributed by atoms with E-state index in [0.717, 1.165) is 0 Å². The molecule has 0 saturated carbocycles. The average Bonchev–Trinajstić information content (AvgIpc) is 2.45. The molecule has 0 heterocycles. The predicted molar refractivity (Wildman–Crippen MR) is 73.6 cm³/mol. The Kier molecular flexibility index (Phi) is 4.89. The second-order valence-electron chi connectivity index (χ2n) is 4.11. The SMILES string of the molecule is CNC(=O)C(C)Nc1c([N+](=O)[O-])cc([N+](=O)[O-])cc1[N+](=O)[O-]. The lowest BCUT2D eigenvalue weighted by Crippen LogP contribution is -2.35. The first-order valence-corrected chi connectivity index (χ1v) is 5.78. The Labute approximate surface area is 122 Å². The van der Waals surface area contributed by atoms with E-state index in [1.54, 1.807) is 0 Å². The molecule has 0 aliphatic carbocycles. The van der Waals surface area contributed by atoms with Crippen LogP contribution in [0.4, 0.5) is 22.7 Å². The fraction of sp³-hybridized carbons (Fsp3) is 0.300. The first-order valence-electron chi connectivity index (χ1n) is 5.78. The number of hydrogen-bond donors (Lipinski definition) is 2. The molecule has 1 unspecified atom stereocenters. The van der Waals surface area contributed by atoms with E-state index >= 15 is 0 Å². The lowest BCUT2D eigenvalue weighted by atomic mass is 10.1. The monoisotopic (exact) mass is 313 g/mol. The van der Waals surface area contributed by atoms with Crippen molar-refractivity contribution in [1.29, 1.82) is 0 Å². The summed E-state index contributed by atoms with van der Waals surface area (Å²) in [5, 5.41) is 37.3. The van der Waals surface area contributed by atoms with Gasteiger partial charge in [0.05, 0.1) is 26.9 Å². The minimum atomic E-state index is -1.02. The number of likely N-dealkylation sites (N-methyl/N-ethyl adjacent to an activating group) is 1. The van der Waals surface area contributed by atoms with Crippen molar-refractivity contribution >= 4 is 28.7 Å². The number of nitrogens with one attached hydrogen (secondary N) is 2. The van der Waals surface area contributed by atoms with E-state index in [-0.39, 0.29) is 0 Å². The third-order valence-corrected chi connectivity index (χ3v) is 2.69. The summed E-state index contributed by atoms with van der Waals surface area (Å²) in [5.41, 5.74) is -3.10. The maximum Gasteiger partial charge on any atom is 0.306 e. The number of benzene rings is 1. The molecular formula is C10H11N5O7. The number of hydrogen-bond acceptors (Lipinski definition) is 8. The summed E-state index contributed by atoms with van der Waals surface area (Å²) in [6, 6.07) is 0.154. The Balaban J connectivity index is 3.51. The summed E-state index contributed by atoms with van der Waals surface area (Å²) in [7, 11) is 1.32. The van der Waals surface area contributed by atoms with Gasteiger partial charge in [0.1, 0.15) is 6.04 Å². The van der Waals surface area contributed by atoms with E-state index < -0.39 is 49.5 Å². The van der Waals surface area contributed by atoms with Crippen LogP contribution in [0.25, 0.3) is 0 Å². The molecule has 12 heteroatoms. The van der Waals surface area contributed by atoms with Crippen LogP contribution in [0, 0.1) is 30.3 Å². The van der Waals surface area contributed by atoms with Gasteiger partial charge in [0.2, 0.25) is 5.91 Å². The molecular weight excluding hydrogens is 302 g/mol. The molecule has 2 N–H and O–H groups in total. The zero-order valence-electron chi connectivity index (χ0n) is 11.4. The van der Waals surface area contributed by atoms with E-state index in [2.05, 4.69) is 10.6 Å². The van der Waals surface area contributed by atoms with Crippen molar-refractivity contribution in [3.8, 4) is 0 Å². The number of non-ortho nitro benzene ring substituents is 1. The van der Waals surface area contributed by atoms with E-state index in [9.17, 15) is 35.1 Å². The molecule has 0 spiro atoms. The minimum absolute atomic E-state index is 0.568.